The molecule has 0 bridgehead atoms. The number of rotatable bonds is 3. The zero-order valence-corrected chi connectivity index (χ0v) is 14.3. The van der Waals surface area contributed by atoms with E-state index in [4.69, 9.17) is 0 Å². The Kier molecular flexibility index (Phi) is 4.63. The van der Waals surface area contributed by atoms with Crippen molar-refractivity contribution >= 4 is 37.5 Å². The highest BCUT2D eigenvalue weighted by Gasteiger charge is 2.11. The van der Waals surface area contributed by atoms with E-state index in [1.807, 2.05) is 19.9 Å². The normalized spacial score (nSPS) is 12.3. The van der Waals surface area contributed by atoms with Gasteiger partial charge in [-0.05, 0) is 50.6 Å². The Balaban J connectivity index is 2.23. The molecule has 1 unspecified atom stereocenters. The molecule has 2 aromatic rings. The summed E-state index contributed by atoms with van der Waals surface area (Å²) in [6, 6.07) is 10.6. The van der Waals surface area contributed by atoms with E-state index in [0.717, 1.165) is 26.0 Å². The van der Waals surface area contributed by atoms with Crippen molar-refractivity contribution in [2.24, 2.45) is 0 Å². The molecule has 0 saturated carbocycles. The van der Waals surface area contributed by atoms with Gasteiger partial charge in [-0.15, -0.1) is 0 Å². The molecule has 0 aliphatic rings. The Labute approximate surface area is 130 Å². The van der Waals surface area contributed by atoms with Crippen molar-refractivity contribution < 1.29 is 0 Å². The fourth-order valence-electron chi connectivity index (χ4n) is 2.00. The van der Waals surface area contributed by atoms with Crippen molar-refractivity contribution in [3.05, 3.63) is 56.2 Å². The Bertz CT molecular complexity index is 597. The van der Waals surface area contributed by atoms with Gasteiger partial charge in [-0.2, -0.15) is 0 Å². The predicted molar refractivity (Wildman–Crippen MR) is 87.6 cm³/mol. The van der Waals surface area contributed by atoms with Crippen LogP contribution in [0.5, 0.6) is 0 Å². The first-order chi connectivity index (χ1) is 8.97. The van der Waals surface area contributed by atoms with E-state index in [1.54, 1.807) is 0 Å². The summed E-state index contributed by atoms with van der Waals surface area (Å²) in [5.41, 5.74) is 4.37. The molecule has 0 radical (unpaired) electrons. The molecule has 19 heavy (non-hydrogen) atoms. The average Bonchev–Trinajstić information content (AvgIpc) is 2.32. The van der Waals surface area contributed by atoms with Crippen molar-refractivity contribution in [1.82, 2.24) is 4.98 Å². The number of hydrogen-bond acceptors (Lipinski definition) is 2. The van der Waals surface area contributed by atoms with E-state index in [0.29, 0.717) is 0 Å². The van der Waals surface area contributed by atoms with Crippen LogP contribution in [-0.4, -0.2) is 4.98 Å². The second-order valence-corrected chi connectivity index (χ2v) is 6.39. The van der Waals surface area contributed by atoms with Gasteiger partial charge in [0.25, 0.3) is 0 Å². The van der Waals surface area contributed by atoms with Crippen LogP contribution in [0.25, 0.3) is 0 Å². The number of benzene rings is 1. The molecule has 0 aliphatic heterocycles. The fraction of sp³-hybridized carbons (Fsp3) is 0.267. The Hall–Kier alpha value is -0.870. The van der Waals surface area contributed by atoms with Gasteiger partial charge in [0.05, 0.1) is 11.4 Å². The van der Waals surface area contributed by atoms with E-state index in [9.17, 15) is 0 Å². The summed E-state index contributed by atoms with van der Waals surface area (Å²) in [6.45, 7) is 6.18. The standard InChI is InChI=1S/C15H16Br2N2/c1-9-4-7-15(11(3)18-9)19-10(2)13-6-5-12(16)8-14(13)17/h4-8,10,19H,1-3H3. The maximum atomic E-state index is 4.48. The molecule has 1 atom stereocenters. The molecule has 2 nitrogen and oxygen atoms in total. The van der Waals surface area contributed by atoms with Gasteiger partial charge in [-0.25, -0.2) is 0 Å². The van der Waals surface area contributed by atoms with Crippen LogP contribution in [-0.2, 0) is 0 Å². The monoisotopic (exact) mass is 382 g/mol. The summed E-state index contributed by atoms with van der Waals surface area (Å²) in [6.07, 6.45) is 0. The third-order valence-electron chi connectivity index (χ3n) is 3.03. The van der Waals surface area contributed by atoms with E-state index in [2.05, 4.69) is 73.3 Å². The number of anilines is 1. The largest absolute Gasteiger partial charge is 0.377 e. The molecule has 100 valence electrons. The smallest absolute Gasteiger partial charge is 0.0607 e. The molecule has 1 heterocycles. The highest BCUT2D eigenvalue weighted by molar-refractivity contribution is 9.11. The minimum atomic E-state index is 0.214. The maximum Gasteiger partial charge on any atom is 0.0607 e. The third-order valence-corrected chi connectivity index (χ3v) is 4.21. The molecule has 0 amide bonds. The van der Waals surface area contributed by atoms with Crippen LogP contribution in [0, 0.1) is 13.8 Å². The predicted octanol–water partition coefficient (Wildman–Crippen LogP) is 5.40. The molecule has 0 aliphatic carbocycles. The van der Waals surface area contributed by atoms with Gasteiger partial charge in [0.2, 0.25) is 0 Å². The van der Waals surface area contributed by atoms with E-state index < -0.39 is 0 Å². The third kappa shape index (κ3) is 3.57. The first-order valence-electron chi connectivity index (χ1n) is 6.13. The van der Waals surface area contributed by atoms with Gasteiger partial charge in [-0.3, -0.25) is 4.98 Å². The SMILES string of the molecule is Cc1ccc(NC(C)c2ccc(Br)cc2Br)c(C)n1. The number of aryl methyl sites for hydroxylation is 2. The van der Waals surface area contributed by atoms with Crippen molar-refractivity contribution in [2.75, 3.05) is 5.32 Å². The quantitative estimate of drug-likeness (QED) is 0.767. The number of nitrogens with one attached hydrogen (secondary N) is 1. The van der Waals surface area contributed by atoms with Gasteiger partial charge >= 0.3 is 0 Å². The van der Waals surface area contributed by atoms with Crippen LogP contribution in [0.4, 0.5) is 5.69 Å². The topological polar surface area (TPSA) is 24.9 Å². The molecule has 0 saturated heterocycles. The molecule has 1 aromatic heterocycles. The Morgan fingerprint density at radius 3 is 2.47 bits per heavy atom. The highest BCUT2D eigenvalue weighted by Crippen LogP contribution is 2.29. The second kappa shape index (κ2) is 6.06. The minimum absolute atomic E-state index is 0.214. The molecule has 4 heteroatoms. The number of hydrogen-bond donors (Lipinski definition) is 1. The average molecular weight is 384 g/mol. The summed E-state index contributed by atoms with van der Waals surface area (Å²) in [5, 5.41) is 3.51. The molecule has 1 aromatic carbocycles. The highest BCUT2D eigenvalue weighted by atomic mass is 79.9. The Morgan fingerprint density at radius 2 is 1.84 bits per heavy atom. The summed E-state index contributed by atoms with van der Waals surface area (Å²) in [7, 11) is 0. The van der Waals surface area contributed by atoms with Gasteiger partial charge in [0.1, 0.15) is 0 Å². The summed E-state index contributed by atoms with van der Waals surface area (Å²) in [4.78, 5) is 4.48. The lowest BCUT2D eigenvalue weighted by Gasteiger charge is -2.18. The van der Waals surface area contributed by atoms with E-state index in [1.165, 1.54) is 5.56 Å². The van der Waals surface area contributed by atoms with Gasteiger partial charge in [0, 0.05) is 20.7 Å². The van der Waals surface area contributed by atoms with Crippen molar-refractivity contribution in [2.45, 2.75) is 26.8 Å². The van der Waals surface area contributed by atoms with Crippen molar-refractivity contribution in [3.8, 4) is 0 Å². The summed E-state index contributed by atoms with van der Waals surface area (Å²) >= 11 is 7.08. The number of aromatic nitrogens is 1. The van der Waals surface area contributed by atoms with Crippen LogP contribution >= 0.6 is 31.9 Å². The minimum Gasteiger partial charge on any atom is -0.377 e. The lowest BCUT2D eigenvalue weighted by atomic mass is 10.1. The van der Waals surface area contributed by atoms with Gasteiger partial charge in [0.15, 0.2) is 0 Å². The fourth-order valence-corrected chi connectivity index (χ4v) is 3.39. The first-order valence-corrected chi connectivity index (χ1v) is 7.71. The van der Waals surface area contributed by atoms with Crippen molar-refractivity contribution in [1.29, 1.82) is 0 Å². The number of pyridine rings is 1. The summed E-state index contributed by atoms with van der Waals surface area (Å²) in [5.74, 6) is 0. The van der Waals surface area contributed by atoms with Crippen LogP contribution in [0.1, 0.15) is 29.9 Å². The molecule has 1 N–H and O–H groups in total. The van der Waals surface area contributed by atoms with E-state index in [-0.39, 0.29) is 6.04 Å². The Morgan fingerprint density at radius 1 is 1.11 bits per heavy atom. The van der Waals surface area contributed by atoms with Gasteiger partial charge in [-0.1, -0.05) is 37.9 Å². The van der Waals surface area contributed by atoms with Crippen LogP contribution in [0.3, 0.4) is 0 Å². The van der Waals surface area contributed by atoms with Crippen LogP contribution in [0.2, 0.25) is 0 Å². The molecular formula is C15H16Br2N2. The molecule has 0 spiro atoms. The number of halogens is 2. The lowest BCUT2D eigenvalue weighted by molar-refractivity contribution is 0.872. The lowest BCUT2D eigenvalue weighted by Crippen LogP contribution is -2.09. The van der Waals surface area contributed by atoms with Crippen LogP contribution < -0.4 is 5.32 Å². The zero-order chi connectivity index (χ0) is 14.0. The summed E-state index contributed by atoms with van der Waals surface area (Å²) < 4.78 is 2.17. The van der Waals surface area contributed by atoms with Crippen LogP contribution in [0.15, 0.2) is 39.3 Å². The molecule has 2 rings (SSSR count). The maximum absolute atomic E-state index is 4.48. The van der Waals surface area contributed by atoms with Gasteiger partial charge < -0.3 is 5.32 Å². The van der Waals surface area contributed by atoms with Crippen molar-refractivity contribution in [3.63, 3.8) is 0 Å². The molecular weight excluding hydrogens is 368 g/mol. The molecule has 0 fully saturated rings. The second-order valence-electron chi connectivity index (χ2n) is 4.62. The van der Waals surface area contributed by atoms with E-state index >= 15 is 0 Å². The zero-order valence-electron chi connectivity index (χ0n) is 11.2. The number of nitrogens with zero attached hydrogens (tertiary/aromatic N) is 1. The first kappa shape index (κ1) is 14.5.